The zero-order chi connectivity index (χ0) is 14.7. The van der Waals surface area contributed by atoms with Crippen molar-refractivity contribution in [1.29, 1.82) is 0 Å². The minimum absolute atomic E-state index is 0.155. The quantitative estimate of drug-likeness (QED) is 0.794. The molecule has 4 heteroatoms. The van der Waals surface area contributed by atoms with Gasteiger partial charge in [0.15, 0.2) is 0 Å². The van der Waals surface area contributed by atoms with Crippen LogP contribution in [0.5, 0.6) is 0 Å². The van der Waals surface area contributed by atoms with Crippen LogP contribution in [0.3, 0.4) is 0 Å². The lowest BCUT2D eigenvalue weighted by atomic mass is 9.46. The van der Waals surface area contributed by atoms with Gasteiger partial charge in [-0.05, 0) is 24.7 Å². The van der Waals surface area contributed by atoms with Gasteiger partial charge in [0.2, 0.25) is 5.91 Å². The van der Waals surface area contributed by atoms with Crippen molar-refractivity contribution in [3.63, 3.8) is 0 Å². The molecule has 1 aliphatic carbocycles. The van der Waals surface area contributed by atoms with Crippen molar-refractivity contribution >= 4 is 5.91 Å². The van der Waals surface area contributed by atoms with E-state index >= 15 is 0 Å². The second kappa shape index (κ2) is 4.44. The maximum absolute atomic E-state index is 13.1. The molecule has 3 aliphatic rings. The average molecular weight is 280 g/mol. The molecule has 0 spiro atoms. The number of hydrogen-bond donors (Lipinski definition) is 1. The minimum atomic E-state index is -0.734. The van der Waals surface area contributed by atoms with E-state index in [4.69, 9.17) is 10.5 Å². The van der Waals surface area contributed by atoms with Crippen LogP contribution in [0.2, 0.25) is 0 Å². The Kier molecular flexibility index (Phi) is 3.18. The number of hydrogen-bond acceptors (Lipinski definition) is 3. The molecule has 2 heterocycles. The van der Waals surface area contributed by atoms with Gasteiger partial charge in [0, 0.05) is 31.0 Å². The predicted octanol–water partition coefficient (Wildman–Crippen LogP) is 1.63. The number of ether oxygens (including phenoxy) is 1. The molecule has 20 heavy (non-hydrogen) atoms. The fourth-order valence-corrected chi connectivity index (χ4v) is 4.57. The van der Waals surface area contributed by atoms with E-state index in [1.807, 2.05) is 4.90 Å². The van der Waals surface area contributed by atoms with E-state index < -0.39 is 5.54 Å². The Morgan fingerprint density at radius 1 is 1.25 bits per heavy atom. The largest absolute Gasteiger partial charge is 0.377 e. The topological polar surface area (TPSA) is 55.6 Å². The third-order valence-electron chi connectivity index (χ3n) is 6.31. The molecule has 1 saturated carbocycles. The van der Waals surface area contributed by atoms with Gasteiger partial charge < -0.3 is 15.4 Å². The van der Waals surface area contributed by atoms with Gasteiger partial charge in [-0.3, -0.25) is 4.79 Å². The van der Waals surface area contributed by atoms with E-state index in [0.717, 1.165) is 32.5 Å². The molecule has 0 bridgehead atoms. The molecule has 114 valence electrons. The fourth-order valence-electron chi connectivity index (χ4n) is 4.57. The van der Waals surface area contributed by atoms with Crippen LogP contribution in [0.15, 0.2) is 0 Å². The highest BCUT2D eigenvalue weighted by atomic mass is 16.5. The number of amides is 1. The number of carbonyl (C=O) groups excluding carboxylic acids is 1. The first-order valence-electron chi connectivity index (χ1n) is 8.00. The standard InChI is InChI=1S/C16H28N2O2/c1-10-8-18(9-11(10)2)14(19)16(17)12-6-5-7-20-13(12)15(16,3)4/h10-13H,5-9,17H2,1-4H3. The van der Waals surface area contributed by atoms with E-state index in [1.165, 1.54) is 0 Å². The summed E-state index contributed by atoms with van der Waals surface area (Å²) in [6, 6.07) is 0. The van der Waals surface area contributed by atoms with E-state index in [1.54, 1.807) is 0 Å². The zero-order valence-corrected chi connectivity index (χ0v) is 13.2. The van der Waals surface area contributed by atoms with Gasteiger partial charge in [0.05, 0.1) is 6.10 Å². The van der Waals surface area contributed by atoms with E-state index in [0.29, 0.717) is 11.8 Å². The molecule has 2 aliphatic heterocycles. The molecule has 5 atom stereocenters. The molecular weight excluding hydrogens is 252 g/mol. The number of rotatable bonds is 1. The highest BCUT2D eigenvalue weighted by Gasteiger charge is 2.71. The molecule has 2 saturated heterocycles. The van der Waals surface area contributed by atoms with Gasteiger partial charge in [0.25, 0.3) is 0 Å². The van der Waals surface area contributed by atoms with Crippen LogP contribution in [0.1, 0.15) is 40.5 Å². The SMILES string of the molecule is CC1CN(C(=O)C2(N)C3CCCOC3C2(C)C)CC1C. The first-order chi connectivity index (χ1) is 9.30. The first-order valence-corrected chi connectivity index (χ1v) is 8.00. The molecule has 0 aromatic carbocycles. The summed E-state index contributed by atoms with van der Waals surface area (Å²) in [6.45, 7) is 11.2. The molecule has 0 radical (unpaired) electrons. The monoisotopic (exact) mass is 280 g/mol. The third kappa shape index (κ3) is 1.64. The van der Waals surface area contributed by atoms with Crippen LogP contribution in [0.4, 0.5) is 0 Å². The summed E-state index contributed by atoms with van der Waals surface area (Å²) in [5.74, 6) is 1.50. The summed E-state index contributed by atoms with van der Waals surface area (Å²) in [6.07, 6.45) is 2.20. The van der Waals surface area contributed by atoms with Gasteiger partial charge in [-0.25, -0.2) is 0 Å². The summed E-state index contributed by atoms with van der Waals surface area (Å²) in [4.78, 5) is 15.1. The molecule has 0 aromatic heterocycles. The second-order valence-corrected chi connectivity index (χ2v) is 7.80. The lowest BCUT2D eigenvalue weighted by Gasteiger charge is -2.65. The molecule has 5 unspecified atom stereocenters. The lowest BCUT2D eigenvalue weighted by molar-refractivity contribution is -0.229. The van der Waals surface area contributed by atoms with E-state index in [9.17, 15) is 4.79 Å². The van der Waals surface area contributed by atoms with Gasteiger partial charge in [-0.2, -0.15) is 0 Å². The zero-order valence-electron chi connectivity index (χ0n) is 13.2. The van der Waals surface area contributed by atoms with Crippen LogP contribution in [0.25, 0.3) is 0 Å². The van der Waals surface area contributed by atoms with Crippen molar-refractivity contribution in [3.05, 3.63) is 0 Å². The predicted molar refractivity (Wildman–Crippen MR) is 78.1 cm³/mol. The van der Waals surface area contributed by atoms with Crippen molar-refractivity contribution in [2.24, 2.45) is 28.9 Å². The summed E-state index contributed by atoms with van der Waals surface area (Å²) >= 11 is 0. The highest BCUT2D eigenvalue weighted by Crippen LogP contribution is 2.58. The molecule has 1 amide bonds. The number of fused-ring (bicyclic) bond motifs is 1. The van der Waals surface area contributed by atoms with E-state index in [-0.39, 0.29) is 23.3 Å². The Hall–Kier alpha value is -0.610. The molecule has 0 aromatic rings. The molecular formula is C16H28N2O2. The summed E-state index contributed by atoms with van der Waals surface area (Å²) in [7, 11) is 0. The smallest absolute Gasteiger partial charge is 0.243 e. The molecule has 2 N–H and O–H groups in total. The van der Waals surface area contributed by atoms with Crippen molar-refractivity contribution in [3.8, 4) is 0 Å². The number of nitrogens with two attached hydrogens (primary N) is 1. The summed E-state index contributed by atoms with van der Waals surface area (Å²) < 4.78 is 5.89. The lowest BCUT2D eigenvalue weighted by Crippen LogP contribution is -2.82. The number of carbonyl (C=O) groups is 1. The van der Waals surface area contributed by atoms with Crippen molar-refractivity contribution in [1.82, 2.24) is 4.90 Å². The van der Waals surface area contributed by atoms with Gasteiger partial charge in [-0.15, -0.1) is 0 Å². The van der Waals surface area contributed by atoms with E-state index in [2.05, 4.69) is 27.7 Å². The summed E-state index contributed by atoms with van der Waals surface area (Å²) in [5.41, 5.74) is 5.68. The minimum Gasteiger partial charge on any atom is -0.377 e. The van der Waals surface area contributed by atoms with Crippen LogP contribution in [0, 0.1) is 23.2 Å². The molecule has 3 rings (SSSR count). The molecule has 4 nitrogen and oxygen atoms in total. The average Bonchev–Trinajstić information content (AvgIpc) is 2.77. The van der Waals surface area contributed by atoms with Crippen molar-refractivity contribution in [2.75, 3.05) is 19.7 Å². The number of likely N-dealkylation sites (tertiary alicyclic amines) is 1. The second-order valence-electron chi connectivity index (χ2n) is 7.80. The van der Waals surface area contributed by atoms with Gasteiger partial charge >= 0.3 is 0 Å². The van der Waals surface area contributed by atoms with Crippen LogP contribution < -0.4 is 5.73 Å². The van der Waals surface area contributed by atoms with Gasteiger partial charge in [0.1, 0.15) is 5.54 Å². The fraction of sp³-hybridized carbons (Fsp3) is 0.938. The molecule has 3 fully saturated rings. The maximum atomic E-state index is 13.1. The normalized spacial score (nSPS) is 46.8. The number of nitrogens with zero attached hydrogens (tertiary/aromatic N) is 1. The Balaban J connectivity index is 1.83. The van der Waals surface area contributed by atoms with Gasteiger partial charge in [-0.1, -0.05) is 27.7 Å². The Morgan fingerprint density at radius 2 is 1.85 bits per heavy atom. The van der Waals surface area contributed by atoms with Crippen LogP contribution >= 0.6 is 0 Å². The Labute approximate surface area is 122 Å². The maximum Gasteiger partial charge on any atom is 0.243 e. The van der Waals surface area contributed by atoms with Crippen LogP contribution in [-0.2, 0) is 9.53 Å². The Bertz CT molecular complexity index is 413. The highest BCUT2D eigenvalue weighted by molar-refractivity contribution is 5.89. The van der Waals surface area contributed by atoms with Crippen LogP contribution in [-0.4, -0.2) is 42.1 Å². The van der Waals surface area contributed by atoms with Crippen molar-refractivity contribution in [2.45, 2.75) is 52.2 Å². The summed E-state index contributed by atoms with van der Waals surface area (Å²) in [5, 5.41) is 0. The third-order valence-corrected chi connectivity index (χ3v) is 6.31. The first kappa shape index (κ1) is 14.3. The van der Waals surface area contributed by atoms with Crippen molar-refractivity contribution < 1.29 is 9.53 Å². The Morgan fingerprint density at radius 3 is 2.45 bits per heavy atom.